The van der Waals surface area contributed by atoms with E-state index >= 15 is 0 Å². The first-order valence-corrected chi connectivity index (χ1v) is 12.6. The zero-order valence-corrected chi connectivity index (χ0v) is 21.5. The Morgan fingerprint density at radius 1 is 1.05 bits per heavy atom. The number of rotatable bonds is 9. The number of ether oxygens (including phenoxy) is 2. The molecule has 1 aliphatic carbocycles. The topological polar surface area (TPSA) is 81.5 Å². The van der Waals surface area contributed by atoms with Crippen molar-refractivity contribution in [2.24, 2.45) is 0 Å². The number of halogens is 3. The van der Waals surface area contributed by atoms with Gasteiger partial charge in [-0.3, -0.25) is 0 Å². The number of carboxylic acid groups (broad SMARTS) is 1. The molecule has 0 atom stereocenters. The molecule has 1 aliphatic rings. The zero-order chi connectivity index (χ0) is 27.8. The van der Waals surface area contributed by atoms with Crippen LogP contribution in [0.15, 0.2) is 66.9 Å². The maximum absolute atomic E-state index is 12.9. The van der Waals surface area contributed by atoms with Crippen LogP contribution >= 0.6 is 0 Å². The SMILES string of the molecule is CC(C)(Oc1cc(OCCc2cnc(-c3ccc(C(F)(F)F)cc3)nc2C2CC2)cc2ccccc12)C(=O)O. The summed E-state index contributed by atoms with van der Waals surface area (Å²) in [4.78, 5) is 20.8. The molecule has 6 nitrogen and oxygen atoms in total. The highest BCUT2D eigenvalue weighted by molar-refractivity contribution is 5.90. The summed E-state index contributed by atoms with van der Waals surface area (Å²) >= 11 is 0. The summed E-state index contributed by atoms with van der Waals surface area (Å²) in [6.45, 7) is 3.31. The first-order valence-electron chi connectivity index (χ1n) is 12.6. The zero-order valence-electron chi connectivity index (χ0n) is 21.5. The minimum absolute atomic E-state index is 0.301. The van der Waals surface area contributed by atoms with Gasteiger partial charge in [0.2, 0.25) is 0 Å². The first-order chi connectivity index (χ1) is 18.5. The van der Waals surface area contributed by atoms with Crippen molar-refractivity contribution in [3.8, 4) is 22.9 Å². The van der Waals surface area contributed by atoms with Crippen LogP contribution in [0.25, 0.3) is 22.2 Å². The van der Waals surface area contributed by atoms with E-state index in [1.807, 2.05) is 30.3 Å². The van der Waals surface area contributed by atoms with Gasteiger partial charge in [0, 0.05) is 35.6 Å². The fourth-order valence-corrected chi connectivity index (χ4v) is 4.28. The fraction of sp³-hybridized carbons (Fsp3) is 0.300. The first kappa shape index (κ1) is 26.5. The Labute approximate surface area is 223 Å². The molecule has 0 radical (unpaired) electrons. The summed E-state index contributed by atoms with van der Waals surface area (Å²) in [6.07, 6.45) is -0.138. The lowest BCUT2D eigenvalue weighted by Crippen LogP contribution is -2.37. The van der Waals surface area contributed by atoms with Gasteiger partial charge in [-0.15, -0.1) is 0 Å². The van der Waals surface area contributed by atoms with Crippen molar-refractivity contribution in [1.82, 2.24) is 9.97 Å². The van der Waals surface area contributed by atoms with Gasteiger partial charge in [0.05, 0.1) is 17.9 Å². The summed E-state index contributed by atoms with van der Waals surface area (Å²) in [6, 6.07) is 15.9. The van der Waals surface area contributed by atoms with Crippen molar-refractivity contribution in [3.05, 3.63) is 83.7 Å². The second kappa shape index (κ2) is 10.2. The van der Waals surface area contributed by atoms with Crippen molar-refractivity contribution in [2.45, 2.75) is 50.8 Å². The van der Waals surface area contributed by atoms with Crippen LogP contribution in [0.3, 0.4) is 0 Å². The summed E-state index contributed by atoms with van der Waals surface area (Å²) in [7, 11) is 0. The summed E-state index contributed by atoms with van der Waals surface area (Å²) in [5.74, 6) is 0.576. The summed E-state index contributed by atoms with van der Waals surface area (Å²) in [5.41, 5.74) is 0.218. The number of nitrogens with zero attached hydrogens (tertiary/aromatic N) is 2. The number of alkyl halides is 3. The van der Waals surface area contributed by atoms with E-state index < -0.39 is 23.3 Å². The van der Waals surface area contributed by atoms with Gasteiger partial charge in [0.15, 0.2) is 11.4 Å². The molecule has 9 heteroatoms. The van der Waals surface area contributed by atoms with E-state index in [0.717, 1.165) is 47.0 Å². The molecule has 0 bridgehead atoms. The Morgan fingerprint density at radius 2 is 1.77 bits per heavy atom. The molecule has 0 spiro atoms. The molecular formula is C30H27F3N2O4. The molecule has 1 N–H and O–H groups in total. The van der Waals surface area contributed by atoms with E-state index in [4.69, 9.17) is 14.5 Å². The molecule has 0 unspecified atom stereocenters. The van der Waals surface area contributed by atoms with E-state index in [2.05, 4.69) is 4.98 Å². The van der Waals surface area contributed by atoms with Gasteiger partial charge >= 0.3 is 12.1 Å². The van der Waals surface area contributed by atoms with E-state index in [9.17, 15) is 23.1 Å². The second-order valence-corrected chi connectivity index (χ2v) is 10.1. The third-order valence-corrected chi connectivity index (χ3v) is 6.65. The van der Waals surface area contributed by atoms with Crippen molar-refractivity contribution in [2.75, 3.05) is 6.61 Å². The predicted octanol–water partition coefficient (Wildman–Crippen LogP) is 7.06. The quantitative estimate of drug-likeness (QED) is 0.247. The molecule has 5 rings (SSSR count). The third-order valence-electron chi connectivity index (χ3n) is 6.65. The van der Waals surface area contributed by atoms with Crippen molar-refractivity contribution in [3.63, 3.8) is 0 Å². The maximum atomic E-state index is 12.9. The highest BCUT2D eigenvalue weighted by Gasteiger charge is 2.32. The van der Waals surface area contributed by atoms with E-state index in [-0.39, 0.29) is 0 Å². The monoisotopic (exact) mass is 536 g/mol. The number of aliphatic carboxylic acids is 1. The van der Waals surface area contributed by atoms with Crippen LogP contribution in [0.2, 0.25) is 0 Å². The van der Waals surface area contributed by atoms with Crippen LogP contribution in [0.4, 0.5) is 13.2 Å². The van der Waals surface area contributed by atoms with Gasteiger partial charge in [0.25, 0.3) is 0 Å². The number of benzene rings is 3. The van der Waals surface area contributed by atoms with Crippen LogP contribution in [0.5, 0.6) is 11.5 Å². The standard InChI is InChI=1S/C30H27F3N2O4/c1-29(2,28(36)37)39-25-16-23(15-20-5-3-4-6-24(20)25)38-14-13-21-17-34-27(35-26(21)18-7-8-18)19-9-11-22(12-10-19)30(31,32)33/h3-6,9-12,15-18H,7-8,13-14H2,1-2H3,(H,36,37). The molecule has 0 saturated heterocycles. The Bertz CT molecular complexity index is 1510. The van der Waals surface area contributed by atoms with Gasteiger partial charge in [-0.1, -0.05) is 36.4 Å². The molecule has 202 valence electrons. The van der Waals surface area contributed by atoms with Crippen molar-refractivity contribution >= 4 is 16.7 Å². The van der Waals surface area contributed by atoms with E-state index in [0.29, 0.717) is 41.8 Å². The number of hydrogen-bond acceptors (Lipinski definition) is 5. The maximum Gasteiger partial charge on any atom is 0.416 e. The lowest BCUT2D eigenvalue weighted by Gasteiger charge is -2.23. The Balaban J connectivity index is 1.33. The van der Waals surface area contributed by atoms with E-state index in [1.165, 1.54) is 26.0 Å². The molecule has 3 aromatic carbocycles. The number of aromatic nitrogens is 2. The highest BCUT2D eigenvalue weighted by atomic mass is 19.4. The van der Waals surface area contributed by atoms with Gasteiger partial charge in [0.1, 0.15) is 11.5 Å². The van der Waals surface area contributed by atoms with Gasteiger partial charge < -0.3 is 14.6 Å². The van der Waals surface area contributed by atoms with Crippen LogP contribution in [0, 0.1) is 0 Å². The molecule has 1 heterocycles. The minimum atomic E-state index is -4.40. The van der Waals surface area contributed by atoms with Gasteiger partial charge in [-0.25, -0.2) is 14.8 Å². The normalized spacial score (nSPS) is 13.9. The van der Waals surface area contributed by atoms with Crippen molar-refractivity contribution < 1.29 is 32.5 Å². The molecule has 1 fully saturated rings. The molecule has 0 aliphatic heterocycles. The van der Waals surface area contributed by atoms with Crippen LogP contribution < -0.4 is 9.47 Å². The Morgan fingerprint density at radius 3 is 2.44 bits per heavy atom. The smallest absolute Gasteiger partial charge is 0.416 e. The Hall–Kier alpha value is -4.14. The van der Waals surface area contributed by atoms with Crippen molar-refractivity contribution in [1.29, 1.82) is 0 Å². The number of carboxylic acids is 1. The highest BCUT2D eigenvalue weighted by Crippen LogP contribution is 2.41. The molecule has 39 heavy (non-hydrogen) atoms. The van der Waals surface area contributed by atoms with Crippen LogP contribution in [-0.2, 0) is 17.4 Å². The Kier molecular flexibility index (Phi) is 6.92. The van der Waals surface area contributed by atoms with Crippen LogP contribution in [0.1, 0.15) is 49.4 Å². The predicted molar refractivity (Wildman–Crippen MR) is 140 cm³/mol. The lowest BCUT2D eigenvalue weighted by molar-refractivity contribution is -0.152. The molecule has 0 amide bonds. The third kappa shape index (κ3) is 5.97. The number of hydrogen-bond donors (Lipinski definition) is 1. The van der Waals surface area contributed by atoms with Gasteiger partial charge in [-0.2, -0.15) is 13.2 Å². The molecular weight excluding hydrogens is 509 g/mol. The average Bonchev–Trinajstić information content (AvgIpc) is 3.74. The molecule has 1 saturated carbocycles. The second-order valence-electron chi connectivity index (χ2n) is 10.1. The van der Waals surface area contributed by atoms with Crippen LogP contribution in [-0.4, -0.2) is 33.3 Å². The number of fused-ring (bicyclic) bond motifs is 1. The molecule has 1 aromatic heterocycles. The van der Waals surface area contributed by atoms with Gasteiger partial charge in [-0.05, 0) is 55.8 Å². The largest absolute Gasteiger partial charge is 0.493 e. The molecule has 4 aromatic rings. The average molecular weight is 537 g/mol. The lowest BCUT2D eigenvalue weighted by atomic mass is 10.1. The van der Waals surface area contributed by atoms with E-state index in [1.54, 1.807) is 12.3 Å². The fourth-order valence-electron chi connectivity index (χ4n) is 4.28. The summed E-state index contributed by atoms with van der Waals surface area (Å²) in [5, 5.41) is 11.1. The number of carbonyl (C=O) groups is 1. The summed E-state index contributed by atoms with van der Waals surface area (Å²) < 4.78 is 50.7. The minimum Gasteiger partial charge on any atom is -0.493 e.